The molecule has 0 bridgehead atoms. The Morgan fingerprint density at radius 3 is 2.67 bits per heavy atom. The van der Waals surface area contributed by atoms with Crippen molar-refractivity contribution in [2.45, 2.75) is 13.0 Å². The topological polar surface area (TPSA) is 50.7 Å². The van der Waals surface area contributed by atoms with Crippen molar-refractivity contribution >= 4 is 34.5 Å². The molecule has 1 aliphatic rings. The Labute approximate surface area is 160 Å². The van der Waals surface area contributed by atoms with Gasteiger partial charge in [0.05, 0.1) is 0 Å². The van der Waals surface area contributed by atoms with Crippen LogP contribution in [0.1, 0.15) is 22.3 Å². The Kier molecular flexibility index (Phi) is 6.59. The van der Waals surface area contributed by atoms with Crippen LogP contribution in [0.2, 0.25) is 0 Å². The molecular weight excluding hydrogens is 370 g/mol. The van der Waals surface area contributed by atoms with Crippen molar-refractivity contribution in [3.63, 3.8) is 0 Å². The summed E-state index contributed by atoms with van der Waals surface area (Å²) < 4.78 is 29.3. The van der Waals surface area contributed by atoms with E-state index in [1.54, 1.807) is 42.1 Å². The van der Waals surface area contributed by atoms with Gasteiger partial charge in [0.15, 0.2) is 11.0 Å². The molecule has 0 unspecified atom stereocenters. The lowest BCUT2D eigenvalue weighted by Crippen LogP contribution is -2.13. The summed E-state index contributed by atoms with van der Waals surface area (Å²) in [4.78, 5) is 16.7. The second kappa shape index (κ2) is 9.32. The minimum Gasteiger partial charge on any atom is -0.434 e. The van der Waals surface area contributed by atoms with Gasteiger partial charge in [0, 0.05) is 29.1 Å². The van der Waals surface area contributed by atoms with Crippen molar-refractivity contribution in [2.75, 3.05) is 17.6 Å². The van der Waals surface area contributed by atoms with Gasteiger partial charge >= 0.3 is 6.61 Å². The summed E-state index contributed by atoms with van der Waals surface area (Å²) in [6.45, 7) is -2.09. The average molecular weight is 388 g/mol. The lowest BCUT2D eigenvalue weighted by Gasteiger charge is -2.13. The van der Waals surface area contributed by atoms with Crippen LogP contribution in [-0.2, 0) is 0 Å². The average Bonchev–Trinajstić information content (AvgIpc) is 2.68. The zero-order valence-corrected chi connectivity index (χ0v) is 15.2. The molecule has 0 radical (unpaired) electrons. The molecule has 1 heterocycles. The zero-order valence-electron chi connectivity index (χ0n) is 14.4. The van der Waals surface area contributed by atoms with Crippen LogP contribution >= 0.6 is 11.8 Å². The summed E-state index contributed by atoms with van der Waals surface area (Å²) in [5.74, 6) is 0.851. The molecule has 2 aromatic rings. The highest BCUT2D eigenvalue weighted by atomic mass is 32.2. The molecule has 3 rings (SSSR count). The van der Waals surface area contributed by atoms with E-state index in [0.717, 1.165) is 29.6 Å². The van der Waals surface area contributed by atoms with Crippen molar-refractivity contribution in [3.8, 4) is 5.75 Å². The number of hydrogen-bond donors (Lipinski definition) is 1. The summed E-state index contributed by atoms with van der Waals surface area (Å²) >= 11 is 1.68. The molecule has 140 valence electrons. The first kappa shape index (κ1) is 19.1. The molecule has 0 fully saturated rings. The van der Waals surface area contributed by atoms with Gasteiger partial charge < -0.3 is 10.1 Å². The fraction of sp³-hybridized carbons (Fsp3) is 0.200. The molecule has 0 amide bonds. The fourth-order valence-corrected chi connectivity index (χ4v) is 3.30. The van der Waals surface area contributed by atoms with Crippen LogP contribution in [0.3, 0.4) is 0 Å². The monoisotopic (exact) mass is 388 g/mol. The van der Waals surface area contributed by atoms with E-state index in [1.165, 1.54) is 18.2 Å². The first-order valence-corrected chi connectivity index (χ1v) is 9.41. The number of nitrogens with zero attached hydrogens (tertiary/aromatic N) is 1. The quantitative estimate of drug-likeness (QED) is 0.553. The second-order valence-electron chi connectivity index (χ2n) is 5.71. The molecule has 0 aromatic heterocycles. The maximum absolute atomic E-state index is 12.4. The van der Waals surface area contributed by atoms with Gasteiger partial charge in [-0.25, -0.2) is 0 Å². The summed E-state index contributed by atoms with van der Waals surface area (Å²) in [6, 6.07) is 13.4. The van der Waals surface area contributed by atoms with Crippen LogP contribution in [-0.4, -0.2) is 29.9 Å². The normalized spacial score (nSPS) is 14.3. The second-order valence-corrected chi connectivity index (χ2v) is 6.79. The first-order valence-electron chi connectivity index (χ1n) is 8.42. The van der Waals surface area contributed by atoms with Crippen LogP contribution in [0, 0.1) is 0 Å². The van der Waals surface area contributed by atoms with Gasteiger partial charge in [-0.3, -0.25) is 9.79 Å². The summed E-state index contributed by atoms with van der Waals surface area (Å²) in [7, 11) is 0. The first-order chi connectivity index (χ1) is 13.1. The van der Waals surface area contributed by atoms with E-state index in [-0.39, 0.29) is 11.5 Å². The van der Waals surface area contributed by atoms with E-state index in [9.17, 15) is 13.6 Å². The van der Waals surface area contributed by atoms with Gasteiger partial charge in [0.25, 0.3) is 0 Å². The molecular formula is C20H18F2N2O2S. The smallest absolute Gasteiger partial charge is 0.387 e. The molecule has 1 aliphatic heterocycles. The van der Waals surface area contributed by atoms with Gasteiger partial charge in [0.2, 0.25) is 0 Å². The van der Waals surface area contributed by atoms with Crippen molar-refractivity contribution in [3.05, 3.63) is 65.7 Å². The Morgan fingerprint density at radius 1 is 1.19 bits per heavy atom. The number of ether oxygens (including phenoxy) is 1. The Balaban J connectivity index is 1.66. The third-order valence-corrected chi connectivity index (χ3v) is 4.76. The highest BCUT2D eigenvalue weighted by molar-refractivity contribution is 8.14. The fourth-order valence-electron chi connectivity index (χ4n) is 2.46. The molecule has 0 saturated carbocycles. The van der Waals surface area contributed by atoms with Crippen molar-refractivity contribution < 1.29 is 18.3 Å². The number of amidine groups is 1. The highest BCUT2D eigenvalue weighted by Gasteiger charge is 2.09. The van der Waals surface area contributed by atoms with Gasteiger partial charge in [-0.2, -0.15) is 8.78 Å². The highest BCUT2D eigenvalue weighted by Crippen LogP contribution is 2.22. The maximum Gasteiger partial charge on any atom is 0.387 e. The van der Waals surface area contributed by atoms with Crippen molar-refractivity contribution in [1.82, 2.24) is 0 Å². The molecule has 2 aromatic carbocycles. The summed E-state index contributed by atoms with van der Waals surface area (Å²) in [5, 5.41) is 4.11. The molecule has 4 nitrogen and oxygen atoms in total. The van der Waals surface area contributed by atoms with Crippen LogP contribution in [0.15, 0.2) is 59.6 Å². The molecule has 0 saturated heterocycles. The number of para-hydroxylation sites is 1. The van der Waals surface area contributed by atoms with Crippen LogP contribution < -0.4 is 10.1 Å². The number of rotatable bonds is 6. The van der Waals surface area contributed by atoms with Gasteiger partial charge in [-0.15, -0.1) is 0 Å². The minimum absolute atomic E-state index is 0.0295. The number of halogens is 2. The van der Waals surface area contributed by atoms with E-state index in [2.05, 4.69) is 15.0 Å². The molecule has 7 heteroatoms. The van der Waals surface area contributed by atoms with E-state index >= 15 is 0 Å². The molecule has 27 heavy (non-hydrogen) atoms. The molecule has 1 N–H and O–H groups in total. The summed E-state index contributed by atoms with van der Waals surface area (Å²) in [5.41, 5.74) is 1.78. The Bertz CT molecular complexity index is 851. The zero-order chi connectivity index (χ0) is 19.1. The number of nitrogens with one attached hydrogen (secondary N) is 1. The van der Waals surface area contributed by atoms with E-state index < -0.39 is 6.61 Å². The Morgan fingerprint density at radius 2 is 1.96 bits per heavy atom. The Hall–Kier alpha value is -2.67. The number of thioether (sulfide) groups is 1. The number of anilines is 1. The third kappa shape index (κ3) is 5.65. The SMILES string of the molecule is O=C(C=Cc1ccccc1OC(F)F)c1ccc(NC2=NCCCS2)cc1. The number of carbonyl (C=O) groups excluding carboxylic acids is 1. The number of hydrogen-bond acceptors (Lipinski definition) is 5. The van der Waals surface area contributed by atoms with E-state index in [4.69, 9.17) is 0 Å². The number of benzene rings is 2. The maximum atomic E-state index is 12.4. The third-order valence-electron chi connectivity index (χ3n) is 3.77. The number of alkyl halides is 2. The van der Waals surface area contributed by atoms with Crippen LogP contribution in [0.4, 0.5) is 14.5 Å². The molecule has 0 aliphatic carbocycles. The van der Waals surface area contributed by atoms with Gasteiger partial charge in [-0.05, 0) is 48.9 Å². The van der Waals surface area contributed by atoms with Crippen LogP contribution in [0.25, 0.3) is 6.08 Å². The lowest BCUT2D eigenvalue weighted by atomic mass is 10.1. The predicted octanol–water partition coefficient (Wildman–Crippen LogP) is 5.09. The largest absolute Gasteiger partial charge is 0.434 e. The number of aliphatic imine (C=N–C) groups is 1. The van der Waals surface area contributed by atoms with E-state index in [0.29, 0.717) is 11.1 Å². The standard InChI is InChI=1S/C20H18F2N2O2S/c21-19(22)26-18-5-2-1-4-15(18)8-11-17(25)14-6-9-16(10-7-14)24-20-23-12-3-13-27-20/h1-2,4-11,19H,3,12-13H2,(H,23,24). The van der Waals surface area contributed by atoms with Crippen LogP contribution in [0.5, 0.6) is 5.75 Å². The van der Waals surface area contributed by atoms with Gasteiger partial charge in [0.1, 0.15) is 5.75 Å². The minimum atomic E-state index is -2.91. The number of allylic oxidation sites excluding steroid dienone is 1. The predicted molar refractivity (Wildman–Crippen MR) is 106 cm³/mol. The number of carbonyl (C=O) groups is 1. The summed E-state index contributed by atoms with van der Waals surface area (Å²) in [6.07, 6.45) is 3.90. The number of ketones is 1. The lowest BCUT2D eigenvalue weighted by molar-refractivity contribution is -0.0499. The van der Waals surface area contributed by atoms with Crippen molar-refractivity contribution in [1.29, 1.82) is 0 Å². The van der Waals surface area contributed by atoms with Gasteiger partial charge in [-0.1, -0.05) is 30.0 Å². The molecule has 0 atom stereocenters. The van der Waals surface area contributed by atoms with Crippen molar-refractivity contribution in [2.24, 2.45) is 4.99 Å². The van der Waals surface area contributed by atoms with E-state index in [1.807, 2.05) is 12.1 Å². The molecule has 0 spiro atoms.